The van der Waals surface area contributed by atoms with Gasteiger partial charge in [-0.25, -0.2) is 18.1 Å². The van der Waals surface area contributed by atoms with E-state index in [9.17, 15) is 8.42 Å². The van der Waals surface area contributed by atoms with Crippen LogP contribution in [-0.4, -0.2) is 34.5 Å². The van der Waals surface area contributed by atoms with Crippen LogP contribution in [0.3, 0.4) is 0 Å². The second-order valence-corrected chi connectivity index (χ2v) is 7.73. The van der Waals surface area contributed by atoms with Crippen LogP contribution in [0.1, 0.15) is 30.9 Å². The van der Waals surface area contributed by atoms with Crippen molar-refractivity contribution >= 4 is 40.0 Å². The molecule has 0 bridgehead atoms. The molecular formula is C16H27IN4O2S. The second kappa shape index (κ2) is 10.2. The zero-order chi connectivity index (χ0) is 16.7. The molecule has 0 spiro atoms. The third-order valence-electron chi connectivity index (χ3n) is 3.68. The van der Waals surface area contributed by atoms with E-state index in [1.54, 1.807) is 0 Å². The Morgan fingerprint density at radius 2 is 1.96 bits per heavy atom. The lowest BCUT2D eigenvalue weighted by molar-refractivity contribution is 0.587. The summed E-state index contributed by atoms with van der Waals surface area (Å²) in [4.78, 5) is 4.57. The smallest absolute Gasteiger partial charge is 0.215 e. The van der Waals surface area contributed by atoms with Crippen LogP contribution in [0, 0.1) is 5.92 Å². The number of benzene rings is 1. The molecule has 1 fully saturated rings. The van der Waals surface area contributed by atoms with Gasteiger partial charge in [0.25, 0.3) is 0 Å². The first-order chi connectivity index (χ1) is 11.0. The minimum absolute atomic E-state index is 0. The van der Waals surface area contributed by atoms with Crippen LogP contribution in [0.25, 0.3) is 0 Å². The Hall–Kier alpha value is -0.870. The molecule has 0 aromatic heterocycles. The molecule has 0 radical (unpaired) electrons. The molecule has 0 heterocycles. The molecule has 136 valence electrons. The van der Waals surface area contributed by atoms with Crippen molar-refractivity contribution in [2.24, 2.45) is 10.9 Å². The number of sulfonamides is 1. The summed E-state index contributed by atoms with van der Waals surface area (Å²) in [5.41, 5.74) is 1.76. The predicted octanol–water partition coefficient (Wildman–Crippen LogP) is 1.82. The Morgan fingerprint density at radius 1 is 1.25 bits per heavy atom. The van der Waals surface area contributed by atoms with Gasteiger partial charge in [-0.1, -0.05) is 24.3 Å². The molecule has 0 saturated heterocycles. The van der Waals surface area contributed by atoms with Gasteiger partial charge in [-0.15, -0.1) is 24.0 Å². The average Bonchev–Trinajstić information content (AvgIpc) is 3.34. The summed E-state index contributed by atoms with van der Waals surface area (Å²) in [6.07, 6.45) is 2.60. The summed E-state index contributed by atoms with van der Waals surface area (Å²) in [5, 5.41) is 6.58. The van der Waals surface area contributed by atoms with E-state index in [-0.39, 0.29) is 29.7 Å². The number of halogens is 1. The predicted molar refractivity (Wildman–Crippen MR) is 109 cm³/mol. The van der Waals surface area contributed by atoms with Crippen LogP contribution in [0.5, 0.6) is 0 Å². The van der Waals surface area contributed by atoms with Crippen LogP contribution in [0.2, 0.25) is 0 Å². The van der Waals surface area contributed by atoms with Crippen LogP contribution in [-0.2, 0) is 22.3 Å². The first-order valence-electron chi connectivity index (χ1n) is 8.03. The fourth-order valence-corrected chi connectivity index (χ4v) is 2.95. The van der Waals surface area contributed by atoms with Crippen molar-refractivity contribution in [2.75, 3.05) is 20.1 Å². The van der Waals surface area contributed by atoms with Crippen LogP contribution < -0.4 is 15.4 Å². The van der Waals surface area contributed by atoms with Gasteiger partial charge in [-0.3, -0.25) is 0 Å². The summed E-state index contributed by atoms with van der Waals surface area (Å²) in [6, 6.07) is 7.54. The van der Waals surface area contributed by atoms with E-state index in [1.165, 1.54) is 19.9 Å². The second-order valence-electron chi connectivity index (χ2n) is 5.80. The summed E-state index contributed by atoms with van der Waals surface area (Å²) < 4.78 is 25.6. The molecule has 1 aliphatic rings. The summed E-state index contributed by atoms with van der Waals surface area (Å²) >= 11 is 0. The van der Waals surface area contributed by atoms with Crippen molar-refractivity contribution in [3.8, 4) is 0 Å². The monoisotopic (exact) mass is 466 g/mol. The van der Waals surface area contributed by atoms with E-state index in [0.29, 0.717) is 6.54 Å². The van der Waals surface area contributed by atoms with Crippen LogP contribution in [0.4, 0.5) is 0 Å². The van der Waals surface area contributed by atoms with Gasteiger partial charge in [-0.2, -0.15) is 0 Å². The number of nitrogens with zero attached hydrogens (tertiary/aromatic N) is 1. The minimum atomic E-state index is -3.25. The van der Waals surface area contributed by atoms with Crippen LogP contribution in [0.15, 0.2) is 29.3 Å². The fourth-order valence-electron chi connectivity index (χ4n) is 2.18. The van der Waals surface area contributed by atoms with Gasteiger partial charge < -0.3 is 10.6 Å². The fraction of sp³-hybridized carbons (Fsp3) is 0.562. The number of guanidine groups is 1. The Morgan fingerprint density at radius 3 is 2.58 bits per heavy atom. The molecule has 8 heteroatoms. The highest BCUT2D eigenvalue weighted by Crippen LogP contribution is 2.27. The molecule has 1 aromatic carbocycles. The van der Waals surface area contributed by atoms with E-state index in [1.807, 2.05) is 31.2 Å². The van der Waals surface area contributed by atoms with E-state index in [2.05, 4.69) is 20.3 Å². The lowest BCUT2D eigenvalue weighted by Gasteiger charge is -2.11. The van der Waals surface area contributed by atoms with Crippen molar-refractivity contribution in [1.82, 2.24) is 15.4 Å². The topological polar surface area (TPSA) is 82.6 Å². The third kappa shape index (κ3) is 7.80. The van der Waals surface area contributed by atoms with Crippen molar-refractivity contribution in [3.05, 3.63) is 35.4 Å². The number of hydrogen-bond acceptors (Lipinski definition) is 3. The maximum absolute atomic E-state index is 11.6. The van der Waals surface area contributed by atoms with Gasteiger partial charge in [0.2, 0.25) is 10.0 Å². The summed E-state index contributed by atoms with van der Waals surface area (Å²) in [7, 11) is -1.82. The standard InChI is InChI=1S/C16H26N4O2S.HI/c1-3-18-16(19-10-13-7-8-13)20-11-14-5-4-6-15(9-14)12-23(21,22)17-2;/h4-6,9,13,17H,3,7-8,10-12H2,1-2H3,(H2,18,19,20);1H. The number of rotatable bonds is 8. The molecule has 24 heavy (non-hydrogen) atoms. The van der Waals surface area contributed by atoms with E-state index in [0.717, 1.165) is 36.1 Å². The van der Waals surface area contributed by atoms with Gasteiger partial charge >= 0.3 is 0 Å². The molecular weight excluding hydrogens is 439 g/mol. The highest BCUT2D eigenvalue weighted by Gasteiger charge is 2.21. The van der Waals surface area contributed by atoms with Crippen molar-refractivity contribution < 1.29 is 8.42 Å². The molecule has 2 rings (SSSR count). The van der Waals surface area contributed by atoms with Gasteiger partial charge in [0.05, 0.1) is 12.3 Å². The number of nitrogens with one attached hydrogen (secondary N) is 3. The maximum atomic E-state index is 11.6. The Labute approximate surface area is 162 Å². The lowest BCUT2D eigenvalue weighted by atomic mass is 10.1. The van der Waals surface area contributed by atoms with Crippen molar-refractivity contribution in [3.63, 3.8) is 0 Å². The van der Waals surface area contributed by atoms with Gasteiger partial charge in [-0.05, 0) is 43.9 Å². The minimum Gasteiger partial charge on any atom is -0.357 e. The molecule has 1 saturated carbocycles. The van der Waals surface area contributed by atoms with Gasteiger partial charge in [0.1, 0.15) is 0 Å². The first-order valence-corrected chi connectivity index (χ1v) is 9.69. The number of hydrogen-bond donors (Lipinski definition) is 3. The molecule has 0 atom stereocenters. The molecule has 0 aliphatic heterocycles. The normalized spacial score (nSPS) is 14.8. The maximum Gasteiger partial charge on any atom is 0.215 e. The molecule has 3 N–H and O–H groups in total. The number of aliphatic imine (C=N–C) groups is 1. The quantitative estimate of drug-likeness (QED) is 0.310. The SMILES string of the molecule is CCNC(=NCc1cccc(CS(=O)(=O)NC)c1)NCC1CC1.I. The summed E-state index contributed by atoms with van der Waals surface area (Å²) in [5.74, 6) is 1.59. The Kier molecular flexibility index (Phi) is 8.99. The van der Waals surface area contributed by atoms with E-state index < -0.39 is 10.0 Å². The summed E-state index contributed by atoms with van der Waals surface area (Å²) in [6.45, 7) is 4.34. The molecule has 1 aliphatic carbocycles. The molecule has 0 amide bonds. The molecule has 1 aromatic rings. The average molecular weight is 466 g/mol. The van der Waals surface area contributed by atoms with Crippen molar-refractivity contribution in [1.29, 1.82) is 0 Å². The van der Waals surface area contributed by atoms with Gasteiger partial charge in [0, 0.05) is 13.1 Å². The molecule has 6 nitrogen and oxygen atoms in total. The lowest BCUT2D eigenvalue weighted by Crippen LogP contribution is -2.38. The van der Waals surface area contributed by atoms with E-state index >= 15 is 0 Å². The van der Waals surface area contributed by atoms with Crippen LogP contribution >= 0.6 is 24.0 Å². The first kappa shape index (κ1) is 21.2. The van der Waals surface area contributed by atoms with Gasteiger partial charge in [0.15, 0.2) is 5.96 Å². The highest BCUT2D eigenvalue weighted by molar-refractivity contribution is 14.0. The van der Waals surface area contributed by atoms with Crippen molar-refractivity contribution in [2.45, 2.75) is 32.1 Å². The zero-order valence-corrected chi connectivity index (χ0v) is 17.4. The highest BCUT2D eigenvalue weighted by atomic mass is 127. The van der Waals surface area contributed by atoms with E-state index in [4.69, 9.17) is 0 Å². The largest absolute Gasteiger partial charge is 0.357 e. The third-order valence-corrected chi connectivity index (χ3v) is 5.01. The molecule has 0 unspecified atom stereocenters. The Balaban J connectivity index is 0.00000288. The zero-order valence-electron chi connectivity index (χ0n) is 14.2. The Bertz CT molecular complexity index is 645.